The summed E-state index contributed by atoms with van der Waals surface area (Å²) < 4.78 is 0. The molecule has 1 heterocycles. The molecule has 0 saturated carbocycles. The van der Waals surface area contributed by atoms with Crippen molar-refractivity contribution in [2.75, 3.05) is 7.05 Å². The molecule has 0 aliphatic rings. The summed E-state index contributed by atoms with van der Waals surface area (Å²) in [6, 6.07) is 5.81. The zero-order chi connectivity index (χ0) is 15.6. The highest BCUT2D eigenvalue weighted by atomic mass is 35.5. The molecule has 0 fully saturated rings. The SMILES string of the molecule is CNC(Cc1nc(C(C)(C)C)cs1)c1cc(Cl)cc(Cl)c1. The average Bonchev–Trinajstić information content (AvgIpc) is 2.83. The molecule has 0 saturated heterocycles. The van der Waals surface area contributed by atoms with E-state index < -0.39 is 0 Å². The Bertz CT molecular complexity index is 597. The molecule has 2 aromatic rings. The monoisotopic (exact) mass is 342 g/mol. The van der Waals surface area contributed by atoms with Crippen molar-refractivity contribution in [3.8, 4) is 0 Å². The Morgan fingerprint density at radius 2 is 1.81 bits per heavy atom. The van der Waals surface area contributed by atoms with E-state index >= 15 is 0 Å². The van der Waals surface area contributed by atoms with Crippen LogP contribution in [0.1, 0.15) is 43.1 Å². The summed E-state index contributed by atoms with van der Waals surface area (Å²) in [5.41, 5.74) is 2.31. The number of nitrogens with zero attached hydrogens (tertiary/aromatic N) is 1. The predicted molar refractivity (Wildman–Crippen MR) is 92.8 cm³/mol. The van der Waals surface area contributed by atoms with Crippen molar-refractivity contribution < 1.29 is 0 Å². The third kappa shape index (κ3) is 4.43. The number of hydrogen-bond donors (Lipinski definition) is 1. The highest BCUT2D eigenvalue weighted by Crippen LogP contribution is 2.29. The Morgan fingerprint density at radius 1 is 1.19 bits per heavy atom. The molecule has 0 aliphatic heterocycles. The Kier molecular flexibility index (Phi) is 5.31. The third-order valence-corrected chi connectivity index (χ3v) is 4.64. The molecule has 0 spiro atoms. The Morgan fingerprint density at radius 3 is 2.29 bits per heavy atom. The summed E-state index contributed by atoms with van der Waals surface area (Å²) in [5.74, 6) is 0. The molecule has 21 heavy (non-hydrogen) atoms. The van der Waals surface area contributed by atoms with Gasteiger partial charge in [-0.1, -0.05) is 44.0 Å². The van der Waals surface area contributed by atoms with Gasteiger partial charge in [-0.25, -0.2) is 4.98 Å². The number of likely N-dealkylation sites (N-methyl/N-ethyl adjacent to an activating group) is 1. The number of rotatable bonds is 4. The maximum Gasteiger partial charge on any atom is 0.0947 e. The second kappa shape index (κ2) is 6.66. The van der Waals surface area contributed by atoms with Crippen LogP contribution in [0.3, 0.4) is 0 Å². The number of benzene rings is 1. The molecule has 0 radical (unpaired) electrons. The predicted octanol–water partition coefficient (Wildman–Crippen LogP) is 5.25. The first-order valence-electron chi connectivity index (χ1n) is 6.87. The van der Waals surface area contributed by atoms with Gasteiger partial charge >= 0.3 is 0 Å². The van der Waals surface area contributed by atoms with E-state index in [1.165, 1.54) is 0 Å². The minimum absolute atomic E-state index is 0.0866. The van der Waals surface area contributed by atoms with Crippen LogP contribution in [0.25, 0.3) is 0 Å². The molecule has 2 nitrogen and oxygen atoms in total. The van der Waals surface area contributed by atoms with Crippen molar-refractivity contribution in [2.45, 2.75) is 38.6 Å². The van der Waals surface area contributed by atoms with Gasteiger partial charge in [0.2, 0.25) is 0 Å². The van der Waals surface area contributed by atoms with Crippen LogP contribution >= 0.6 is 34.5 Å². The fraction of sp³-hybridized carbons (Fsp3) is 0.438. The van der Waals surface area contributed by atoms with Gasteiger partial charge in [-0.05, 0) is 30.8 Å². The van der Waals surface area contributed by atoms with Crippen molar-refractivity contribution in [2.24, 2.45) is 0 Å². The van der Waals surface area contributed by atoms with Gasteiger partial charge in [0, 0.05) is 33.3 Å². The van der Waals surface area contributed by atoms with Crippen molar-refractivity contribution in [3.63, 3.8) is 0 Å². The van der Waals surface area contributed by atoms with Crippen LogP contribution in [0.5, 0.6) is 0 Å². The van der Waals surface area contributed by atoms with E-state index in [9.17, 15) is 0 Å². The van der Waals surface area contributed by atoms with Crippen LogP contribution in [-0.2, 0) is 11.8 Å². The lowest BCUT2D eigenvalue weighted by Crippen LogP contribution is -2.19. The lowest BCUT2D eigenvalue weighted by Gasteiger charge is -2.17. The van der Waals surface area contributed by atoms with E-state index in [1.807, 2.05) is 19.2 Å². The number of hydrogen-bond acceptors (Lipinski definition) is 3. The van der Waals surface area contributed by atoms with Gasteiger partial charge in [0.25, 0.3) is 0 Å². The van der Waals surface area contributed by atoms with Gasteiger partial charge in [-0.15, -0.1) is 11.3 Å². The summed E-state index contributed by atoms with van der Waals surface area (Å²) >= 11 is 13.9. The summed E-state index contributed by atoms with van der Waals surface area (Å²) in [6.07, 6.45) is 0.827. The summed E-state index contributed by atoms with van der Waals surface area (Å²) in [6.45, 7) is 6.54. The fourth-order valence-electron chi connectivity index (χ4n) is 2.09. The first-order chi connectivity index (χ1) is 9.79. The quantitative estimate of drug-likeness (QED) is 0.820. The molecule has 1 unspecified atom stereocenters. The minimum atomic E-state index is 0.0866. The molecule has 1 aromatic carbocycles. The summed E-state index contributed by atoms with van der Waals surface area (Å²) in [5, 5.41) is 7.90. The largest absolute Gasteiger partial charge is 0.313 e. The molecule has 114 valence electrons. The third-order valence-electron chi connectivity index (χ3n) is 3.33. The maximum atomic E-state index is 6.09. The summed E-state index contributed by atoms with van der Waals surface area (Å²) in [4.78, 5) is 4.75. The standard InChI is InChI=1S/C16H20Cl2N2S/c1-16(2,3)14-9-21-15(20-14)8-13(19-4)10-5-11(17)7-12(18)6-10/h5-7,9,13,19H,8H2,1-4H3. The number of aromatic nitrogens is 1. The number of thiazole rings is 1. The molecule has 0 amide bonds. The number of halogens is 2. The minimum Gasteiger partial charge on any atom is -0.313 e. The van der Waals surface area contributed by atoms with Gasteiger partial charge in [0.1, 0.15) is 0 Å². The first kappa shape index (κ1) is 16.8. The van der Waals surface area contributed by atoms with Crippen LogP contribution in [0, 0.1) is 0 Å². The molecule has 1 aromatic heterocycles. The van der Waals surface area contributed by atoms with Crippen molar-refractivity contribution >= 4 is 34.5 Å². The topological polar surface area (TPSA) is 24.9 Å². The van der Waals surface area contributed by atoms with Crippen molar-refractivity contribution in [3.05, 3.63) is 49.9 Å². The van der Waals surface area contributed by atoms with Crippen LogP contribution in [0.2, 0.25) is 10.0 Å². The van der Waals surface area contributed by atoms with Gasteiger partial charge in [0.05, 0.1) is 10.7 Å². The van der Waals surface area contributed by atoms with E-state index in [-0.39, 0.29) is 11.5 Å². The normalized spacial score (nSPS) is 13.4. The molecular weight excluding hydrogens is 323 g/mol. The molecule has 1 atom stereocenters. The van der Waals surface area contributed by atoms with Crippen molar-refractivity contribution in [1.29, 1.82) is 0 Å². The second-order valence-corrected chi connectivity index (χ2v) is 7.94. The Hall–Kier alpha value is -0.610. The molecule has 5 heteroatoms. The molecule has 0 bridgehead atoms. The van der Waals surface area contributed by atoms with E-state index in [2.05, 4.69) is 31.5 Å². The molecule has 0 aliphatic carbocycles. The second-order valence-electron chi connectivity index (χ2n) is 6.12. The Labute approximate surface area is 140 Å². The van der Waals surface area contributed by atoms with Crippen molar-refractivity contribution in [1.82, 2.24) is 10.3 Å². The zero-order valence-electron chi connectivity index (χ0n) is 12.7. The highest BCUT2D eigenvalue weighted by molar-refractivity contribution is 7.09. The van der Waals surface area contributed by atoms with E-state index in [0.717, 1.165) is 22.7 Å². The van der Waals surface area contributed by atoms with E-state index in [4.69, 9.17) is 28.2 Å². The average molecular weight is 343 g/mol. The Balaban J connectivity index is 2.21. The van der Waals surface area contributed by atoms with Crippen LogP contribution in [0.4, 0.5) is 0 Å². The molecular formula is C16H20Cl2N2S. The van der Waals surface area contributed by atoms with Crippen LogP contribution in [-0.4, -0.2) is 12.0 Å². The smallest absolute Gasteiger partial charge is 0.0947 e. The van der Waals surface area contributed by atoms with Crippen LogP contribution < -0.4 is 5.32 Å². The van der Waals surface area contributed by atoms with Gasteiger partial charge in [0.15, 0.2) is 0 Å². The molecule has 1 N–H and O–H groups in total. The zero-order valence-corrected chi connectivity index (χ0v) is 15.0. The number of nitrogens with one attached hydrogen (secondary N) is 1. The van der Waals surface area contributed by atoms with E-state index in [0.29, 0.717) is 10.0 Å². The van der Waals surface area contributed by atoms with Crippen LogP contribution in [0.15, 0.2) is 23.6 Å². The molecule has 2 rings (SSSR count). The fourth-order valence-corrected chi connectivity index (χ4v) is 3.70. The van der Waals surface area contributed by atoms with E-state index in [1.54, 1.807) is 17.4 Å². The maximum absolute atomic E-state index is 6.09. The summed E-state index contributed by atoms with van der Waals surface area (Å²) in [7, 11) is 1.94. The lowest BCUT2D eigenvalue weighted by molar-refractivity contribution is 0.560. The van der Waals surface area contributed by atoms with Gasteiger partial charge in [-0.3, -0.25) is 0 Å². The lowest BCUT2D eigenvalue weighted by atomic mass is 9.93. The van der Waals surface area contributed by atoms with Gasteiger partial charge in [-0.2, -0.15) is 0 Å². The van der Waals surface area contributed by atoms with Gasteiger partial charge < -0.3 is 5.32 Å². The first-order valence-corrected chi connectivity index (χ1v) is 8.51. The highest BCUT2D eigenvalue weighted by Gasteiger charge is 2.19.